The molecule has 0 radical (unpaired) electrons. The molecule has 6 heteroatoms. The van der Waals surface area contributed by atoms with E-state index in [9.17, 15) is 9.59 Å². The van der Waals surface area contributed by atoms with Crippen LogP contribution in [0.5, 0.6) is 0 Å². The molecular formula is C14H16N2O4. The zero-order valence-corrected chi connectivity index (χ0v) is 11.2. The van der Waals surface area contributed by atoms with E-state index < -0.39 is 5.97 Å². The summed E-state index contributed by atoms with van der Waals surface area (Å²) in [6, 6.07) is 4.72. The number of aromatic amines is 1. The van der Waals surface area contributed by atoms with Gasteiger partial charge in [0, 0.05) is 13.2 Å². The Kier molecular flexibility index (Phi) is 2.90. The van der Waals surface area contributed by atoms with Crippen molar-refractivity contribution < 1.29 is 14.6 Å². The van der Waals surface area contributed by atoms with Crippen molar-refractivity contribution in [3.05, 3.63) is 34.2 Å². The molecule has 6 nitrogen and oxygen atoms in total. The lowest BCUT2D eigenvalue weighted by molar-refractivity contribution is 0.0299. The van der Waals surface area contributed by atoms with E-state index >= 15 is 0 Å². The quantitative estimate of drug-likeness (QED) is 0.871. The number of carbonyl (C=O) groups is 1. The molecule has 0 saturated carbocycles. The number of rotatable bonds is 2. The summed E-state index contributed by atoms with van der Waals surface area (Å²) in [5.74, 6) is -1.00. The number of hydrogen-bond donors (Lipinski definition) is 2. The second-order valence-corrected chi connectivity index (χ2v) is 5.41. The number of hydrogen-bond acceptors (Lipinski definition) is 3. The Balaban J connectivity index is 2.18. The van der Waals surface area contributed by atoms with Crippen molar-refractivity contribution in [2.45, 2.75) is 25.3 Å². The van der Waals surface area contributed by atoms with Crippen LogP contribution in [0.15, 0.2) is 23.0 Å². The molecule has 0 amide bonds. The van der Waals surface area contributed by atoms with Gasteiger partial charge < -0.3 is 14.8 Å². The van der Waals surface area contributed by atoms with Gasteiger partial charge in [-0.3, -0.25) is 4.57 Å². The first kappa shape index (κ1) is 12.9. The third-order valence-corrected chi connectivity index (χ3v) is 4.04. The van der Waals surface area contributed by atoms with Gasteiger partial charge in [-0.05, 0) is 38.0 Å². The minimum atomic E-state index is -1.00. The smallest absolute Gasteiger partial charge is 0.335 e. The van der Waals surface area contributed by atoms with Crippen molar-refractivity contribution >= 4 is 17.0 Å². The zero-order valence-electron chi connectivity index (χ0n) is 11.2. The van der Waals surface area contributed by atoms with Crippen molar-refractivity contribution in [2.24, 2.45) is 0 Å². The van der Waals surface area contributed by atoms with Gasteiger partial charge in [-0.2, -0.15) is 0 Å². The number of H-pyrrole nitrogens is 1. The van der Waals surface area contributed by atoms with Crippen LogP contribution in [0.1, 0.15) is 30.1 Å². The summed E-state index contributed by atoms with van der Waals surface area (Å²) < 4.78 is 7.09. The largest absolute Gasteiger partial charge is 0.478 e. The van der Waals surface area contributed by atoms with Crippen molar-refractivity contribution in [1.29, 1.82) is 0 Å². The molecule has 2 heterocycles. The van der Waals surface area contributed by atoms with E-state index in [2.05, 4.69) is 4.98 Å². The average Bonchev–Trinajstić information content (AvgIpc) is 2.74. The van der Waals surface area contributed by atoms with E-state index in [0.717, 1.165) is 18.4 Å². The van der Waals surface area contributed by atoms with Gasteiger partial charge in [0.25, 0.3) is 0 Å². The maximum Gasteiger partial charge on any atom is 0.335 e. The number of imidazole rings is 1. The highest BCUT2D eigenvalue weighted by Crippen LogP contribution is 2.30. The van der Waals surface area contributed by atoms with E-state index in [1.165, 1.54) is 12.1 Å². The van der Waals surface area contributed by atoms with Gasteiger partial charge in [0.1, 0.15) is 0 Å². The normalized spacial score (nSPS) is 18.2. The lowest BCUT2D eigenvalue weighted by atomic mass is 9.92. The standard InChI is InChI=1S/C14H16N2O4/c1-14(4-6-20-7-5-14)16-11-3-2-9(12(17)18)8-10(11)15-13(16)19/h2-3,8H,4-7H2,1H3,(H,15,19)(H,17,18). The molecule has 2 N–H and O–H groups in total. The van der Waals surface area contributed by atoms with Crippen molar-refractivity contribution in [3.8, 4) is 0 Å². The van der Waals surface area contributed by atoms with Crippen molar-refractivity contribution in [2.75, 3.05) is 13.2 Å². The molecule has 0 atom stereocenters. The Bertz CT molecular complexity index is 722. The van der Waals surface area contributed by atoms with Gasteiger partial charge in [-0.1, -0.05) is 0 Å². The molecule has 20 heavy (non-hydrogen) atoms. The van der Waals surface area contributed by atoms with E-state index in [4.69, 9.17) is 9.84 Å². The summed E-state index contributed by atoms with van der Waals surface area (Å²) in [6.45, 7) is 3.29. The summed E-state index contributed by atoms with van der Waals surface area (Å²) in [7, 11) is 0. The molecule has 0 bridgehead atoms. The SMILES string of the molecule is CC1(n2c(=O)[nH]c3cc(C(=O)O)ccc32)CCOCC1. The third kappa shape index (κ3) is 1.92. The van der Waals surface area contributed by atoms with Crippen LogP contribution in [0.25, 0.3) is 11.0 Å². The van der Waals surface area contributed by atoms with Crippen LogP contribution >= 0.6 is 0 Å². The predicted molar refractivity (Wildman–Crippen MR) is 73.2 cm³/mol. The second-order valence-electron chi connectivity index (χ2n) is 5.41. The van der Waals surface area contributed by atoms with Gasteiger partial charge in [-0.15, -0.1) is 0 Å². The number of carboxylic acids is 1. The van der Waals surface area contributed by atoms with Crippen LogP contribution in [0.4, 0.5) is 0 Å². The molecule has 1 aliphatic rings. The topological polar surface area (TPSA) is 84.3 Å². The molecule has 0 unspecified atom stereocenters. The molecule has 1 saturated heterocycles. The maximum absolute atomic E-state index is 12.2. The Hall–Kier alpha value is -2.08. The number of nitrogens with one attached hydrogen (secondary N) is 1. The zero-order chi connectivity index (χ0) is 14.3. The average molecular weight is 276 g/mol. The number of aromatic carboxylic acids is 1. The van der Waals surface area contributed by atoms with Gasteiger partial charge in [0.05, 0.1) is 22.1 Å². The van der Waals surface area contributed by atoms with Crippen molar-refractivity contribution in [3.63, 3.8) is 0 Å². The van der Waals surface area contributed by atoms with Crippen molar-refractivity contribution in [1.82, 2.24) is 9.55 Å². The summed E-state index contributed by atoms with van der Waals surface area (Å²) in [5.41, 5.74) is 0.972. The fourth-order valence-electron chi connectivity index (χ4n) is 2.82. The summed E-state index contributed by atoms with van der Waals surface area (Å²) >= 11 is 0. The first-order chi connectivity index (χ1) is 9.51. The number of nitrogens with zero attached hydrogens (tertiary/aromatic N) is 1. The highest BCUT2D eigenvalue weighted by molar-refractivity contribution is 5.92. The first-order valence-corrected chi connectivity index (χ1v) is 6.58. The second kappa shape index (κ2) is 4.49. The third-order valence-electron chi connectivity index (χ3n) is 4.04. The molecule has 3 rings (SSSR count). The maximum atomic E-state index is 12.2. The van der Waals surface area contributed by atoms with E-state index in [-0.39, 0.29) is 16.8 Å². The Labute approximate surface area is 115 Å². The molecular weight excluding hydrogens is 260 g/mol. The minimum absolute atomic E-state index is 0.169. The lowest BCUT2D eigenvalue weighted by Crippen LogP contribution is -2.41. The van der Waals surface area contributed by atoms with Crippen LogP contribution < -0.4 is 5.69 Å². The molecule has 1 fully saturated rings. The fraction of sp³-hybridized carbons (Fsp3) is 0.429. The van der Waals surface area contributed by atoms with Gasteiger partial charge in [-0.25, -0.2) is 9.59 Å². The Morgan fingerprint density at radius 1 is 1.40 bits per heavy atom. The number of benzene rings is 1. The van der Waals surface area contributed by atoms with Gasteiger partial charge in [0.15, 0.2) is 0 Å². The number of ether oxygens (including phenoxy) is 1. The summed E-state index contributed by atoms with van der Waals surface area (Å²) in [4.78, 5) is 26.0. The van der Waals surface area contributed by atoms with Crippen LogP contribution in [0.3, 0.4) is 0 Å². The molecule has 1 aromatic heterocycles. The molecule has 1 aliphatic heterocycles. The van der Waals surface area contributed by atoms with Gasteiger partial charge >= 0.3 is 11.7 Å². The van der Waals surface area contributed by atoms with Crippen LogP contribution in [-0.4, -0.2) is 33.8 Å². The molecule has 1 aromatic carbocycles. The summed E-state index contributed by atoms with van der Waals surface area (Å²) in [5, 5.41) is 9.00. The number of carboxylic acid groups (broad SMARTS) is 1. The molecule has 0 aliphatic carbocycles. The number of aromatic nitrogens is 2. The number of fused-ring (bicyclic) bond motifs is 1. The lowest BCUT2D eigenvalue weighted by Gasteiger charge is -2.34. The van der Waals surface area contributed by atoms with Gasteiger partial charge in [0.2, 0.25) is 0 Å². The monoisotopic (exact) mass is 276 g/mol. The minimum Gasteiger partial charge on any atom is -0.478 e. The molecule has 2 aromatic rings. The van der Waals surface area contributed by atoms with E-state index in [1.54, 1.807) is 10.6 Å². The molecule has 0 spiro atoms. The Morgan fingerprint density at radius 3 is 2.75 bits per heavy atom. The summed E-state index contributed by atoms with van der Waals surface area (Å²) in [6.07, 6.45) is 1.53. The fourth-order valence-corrected chi connectivity index (χ4v) is 2.82. The van der Waals surface area contributed by atoms with Crippen LogP contribution in [-0.2, 0) is 10.3 Å². The van der Waals surface area contributed by atoms with E-state index in [0.29, 0.717) is 18.7 Å². The Morgan fingerprint density at radius 2 is 2.10 bits per heavy atom. The first-order valence-electron chi connectivity index (χ1n) is 6.58. The van der Waals surface area contributed by atoms with E-state index in [1.807, 2.05) is 6.92 Å². The van der Waals surface area contributed by atoms with Crippen LogP contribution in [0, 0.1) is 0 Å². The highest BCUT2D eigenvalue weighted by atomic mass is 16.5. The highest BCUT2D eigenvalue weighted by Gasteiger charge is 2.32. The predicted octanol–water partition coefficient (Wildman–Crippen LogP) is 1.55. The molecule has 106 valence electrons. The van der Waals surface area contributed by atoms with Crippen LogP contribution in [0.2, 0.25) is 0 Å².